The SMILES string of the molecule is Cc1ccc(OCC(=O)O)c(C)c1[O]. The molecule has 14 heavy (non-hydrogen) atoms. The number of carboxylic acids is 1. The van der Waals surface area contributed by atoms with Crippen molar-refractivity contribution < 1.29 is 19.7 Å². The van der Waals surface area contributed by atoms with Crippen LogP contribution in [0.1, 0.15) is 11.1 Å². The van der Waals surface area contributed by atoms with Gasteiger partial charge in [-0.3, -0.25) is 5.11 Å². The van der Waals surface area contributed by atoms with E-state index in [0.29, 0.717) is 16.9 Å². The lowest BCUT2D eigenvalue weighted by Crippen LogP contribution is -2.10. The molecule has 0 atom stereocenters. The van der Waals surface area contributed by atoms with E-state index in [1.807, 2.05) is 0 Å². The minimum atomic E-state index is -1.06. The van der Waals surface area contributed by atoms with Gasteiger partial charge >= 0.3 is 5.97 Å². The maximum absolute atomic E-state index is 11.4. The fourth-order valence-electron chi connectivity index (χ4n) is 1.10. The van der Waals surface area contributed by atoms with Crippen LogP contribution < -0.4 is 4.74 Å². The van der Waals surface area contributed by atoms with Crippen LogP contribution >= 0.6 is 0 Å². The van der Waals surface area contributed by atoms with Gasteiger partial charge in [0.1, 0.15) is 5.75 Å². The number of aliphatic carboxylic acids is 1. The second kappa shape index (κ2) is 4.00. The van der Waals surface area contributed by atoms with Crippen molar-refractivity contribution in [3.63, 3.8) is 0 Å². The van der Waals surface area contributed by atoms with E-state index in [9.17, 15) is 9.90 Å². The number of carboxylic acid groups (broad SMARTS) is 1. The molecule has 0 aromatic heterocycles. The molecular formula is C10H11O4. The van der Waals surface area contributed by atoms with E-state index < -0.39 is 12.6 Å². The Morgan fingerprint density at radius 2 is 2.07 bits per heavy atom. The summed E-state index contributed by atoms with van der Waals surface area (Å²) in [5, 5.41) is 19.8. The van der Waals surface area contributed by atoms with Crippen LogP contribution in [0.25, 0.3) is 0 Å². The third-order valence-electron chi connectivity index (χ3n) is 1.90. The second-order valence-electron chi connectivity index (χ2n) is 3.02. The minimum Gasteiger partial charge on any atom is -0.481 e. The van der Waals surface area contributed by atoms with Gasteiger partial charge in [0.05, 0.1) is 0 Å². The van der Waals surface area contributed by atoms with Crippen LogP contribution in [0, 0.1) is 13.8 Å². The molecule has 0 saturated carbocycles. The van der Waals surface area contributed by atoms with Crippen molar-refractivity contribution in [2.45, 2.75) is 13.8 Å². The lowest BCUT2D eigenvalue weighted by Gasteiger charge is -2.08. The summed E-state index contributed by atoms with van der Waals surface area (Å²) in [5.41, 5.74) is 1.08. The molecule has 1 aromatic carbocycles. The first-order valence-electron chi connectivity index (χ1n) is 4.14. The number of hydrogen-bond donors (Lipinski definition) is 1. The van der Waals surface area contributed by atoms with Crippen LogP contribution in [-0.2, 0) is 9.90 Å². The van der Waals surface area contributed by atoms with Gasteiger partial charge in [-0.25, -0.2) is 4.79 Å². The van der Waals surface area contributed by atoms with Crippen molar-refractivity contribution in [1.82, 2.24) is 0 Å². The third-order valence-corrected chi connectivity index (χ3v) is 1.90. The number of benzene rings is 1. The highest BCUT2D eigenvalue weighted by Gasteiger charge is 2.09. The maximum Gasteiger partial charge on any atom is 0.341 e. The van der Waals surface area contributed by atoms with Crippen molar-refractivity contribution in [3.8, 4) is 11.5 Å². The van der Waals surface area contributed by atoms with Gasteiger partial charge in [0.15, 0.2) is 12.4 Å². The largest absolute Gasteiger partial charge is 0.481 e. The Morgan fingerprint density at radius 3 is 2.64 bits per heavy atom. The van der Waals surface area contributed by atoms with Gasteiger partial charge in [-0.1, -0.05) is 6.07 Å². The Hall–Kier alpha value is -1.71. The molecule has 0 bridgehead atoms. The van der Waals surface area contributed by atoms with E-state index in [2.05, 4.69) is 0 Å². The quantitative estimate of drug-likeness (QED) is 0.801. The Balaban J connectivity index is 2.88. The number of aryl methyl sites for hydroxylation is 1. The fourth-order valence-corrected chi connectivity index (χ4v) is 1.10. The molecule has 0 heterocycles. The van der Waals surface area contributed by atoms with E-state index in [1.54, 1.807) is 26.0 Å². The van der Waals surface area contributed by atoms with Gasteiger partial charge in [0.2, 0.25) is 0 Å². The summed E-state index contributed by atoms with van der Waals surface area (Å²) in [6.45, 7) is 2.90. The van der Waals surface area contributed by atoms with Crippen molar-refractivity contribution >= 4 is 5.97 Å². The molecule has 4 nitrogen and oxygen atoms in total. The molecule has 0 spiro atoms. The first-order valence-corrected chi connectivity index (χ1v) is 4.14. The average molecular weight is 195 g/mol. The molecule has 0 saturated heterocycles. The molecule has 1 N–H and O–H groups in total. The Bertz CT molecular complexity index is 357. The number of ether oxygens (including phenoxy) is 1. The summed E-state index contributed by atoms with van der Waals surface area (Å²) >= 11 is 0. The van der Waals surface area contributed by atoms with Gasteiger partial charge in [-0.15, -0.1) is 0 Å². The van der Waals surface area contributed by atoms with Crippen LogP contribution in [0.3, 0.4) is 0 Å². The number of rotatable bonds is 3. The standard InChI is InChI=1S/C10H11O4/c1-6-3-4-8(7(2)10(6)13)14-5-9(11)12/h3-4H,5H2,1-2H3,(H,11,12). The normalized spacial score (nSPS) is 9.86. The molecule has 0 unspecified atom stereocenters. The Kier molecular flexibility index (Phi) is 2.96. The molecule has 0 aliphatic heterocycles. The van der Waals surface area contributed by atoms with Gasteiger partial charge in [0.25, 0.3) is 0 Å². The highest BCUT2D eigenvalue weighted by Crippen LogP contribution is 2.30. The molecule has 4 heteroatoms. The highest BCUT2D eigenvalue weighted by atomic mass is 16.5. The van der Waals surface area contributed by atoms with Gasteiger partial charge in [0, 0.05) is 5.56 Å². The van der Waals surface area contributed by atoms with Crippen molar-refractivity contribution in [3.05, 3.63) is 23.3 Å². The number of carbonyl (C=O) groups is 1. The van der Waals surface area contributed by atoms with Crippen molar-refractivity contribution in [1.29, 1.82) is 0 Å². The van der Waals surface area contributed by atoms with Crippen LogP contribution in [0.5, 0.6) is 11.5 Å². The predicted molar refractivity (Wildman–Crippen MR) is 49.2 cm³/mol. The molecule has 0 aliphatic carbocycles. The molecule has 75 valence electrons. The van der Waals surface area contributed by atoms with E-state index in [1.165, 1.54) is 0 Å². The first-order chi connectivity index (χ1) is 6.52. The summed E-state index contributed by atoms with van der Waals surface area (Å²) in [5.74, 6) is -0.826. The fraction of sp³-hybridized carbons (Fsp3) is 0.300. The summed E-state index contributed by atoms with van der Waals surface area (Å²) in [6, 6.07) is 3.22. The summed E-state index contributed by atoms with van der Waals surface area (Å²) in [7, 11) is 0. The van der Waals surface area contributed by atoms with E-state index in [4.69, 9.17) is 9.84 Å². The molecule has 1 radical (unpaired) electrons. The predicted octanol–water partition coefficient (Wildman–Crippen LogP) is 1.91. The van der Waals surface area contributed by atoms with Crippen molar-refractivity contribution in [2.75, 3.05) is 6.61 Å². The lowest BCUT2D eigenvalue weighted by atomic mass is 10.1. The molecule has 0 aliphatic rings. The average Bonchev–Trinajstić information content (AvgIpc) is 2.13. The van der Waals surface area contributed by atoms with Crippen LogP contribution in [0.2, 0.25) is 0 Å². The zero-order valence-corrected chi connectivity index (χ0v) is 8.03. The van der Waals surface area contributed by atoms with Gasteiger partial charge in [-0.05, 0) is 25.5 Å². The monoisotopic (exact) mass is 195 g/mol. The van der Waals surface area contributed by atoms with Crippen LogP contribution in [0.4, 0.5) is 0 Å². The van der Waals surface area contributed by atoms with E-state index >= 15 is 0 Å². The minimum absolute atomic E-state index is 0.104. The van der Waals surface area contributed by atoms with Gasteiger partial charge in [-0.2, -0.15) is 0 Å². The lowest BCUT2D eigenvalue weighted by molar-refractivity contribution is -0.139. The molecule has 0 amide bonds. The summed E-state index contributed by atoms with van der Waals surface area (Å²) in [4.78, 5) is 10.2. The van der Waals surface area contributed by atoms with Crippen molar-refractivity contribution in [2.24, 2.45) is 0 Å². The third kappa shape index (κ3) is 2.16. The van der Waals surface area contributed by atoms with Crippen LogP contribution in [0.15, 0.2) is 12.1 Å². The zero-order valence-electron chi connectivity index (χ0n) is 8.03. The van der Waals surface area contributed by atoms with Gasteiger partial charge < -0.3 is 9.84 Å². The van der Waals surface area contributed by atoms with E-state index in [-0.39, 0.29) is 5.75 Å². The maximum atomic E-state index is 11.4. The first kappa shape index (κ1) is 10.4. The molecule has 0 fully saturated rings. The Morgan fingerprint density at radius 1 is 1.43 bits per heavy atom. The summed E-state index contributed by atoms with van der Waals surface area (Å²) in [6.07, 6.45) is 0. The van der Waals surface area contributed by atoms with Crippen LogP contribution in [-0.4, -0.2) is 17.7 Å². The molecule has 1 aromatic rings. The highest BCUT2D eigenvalue weighted by molar-refractivity contribution is 5.68. The summed E-state index contributed by atoms with van der Waals surface area (Å²) < 4.78 is 4.93. The van der Waals surface area contributed by atoms with E-state index in [0.717, 1.165) is 0 Å². The second-order valence-corrected chi connectivity index (χ2v) is 3.02. The zero-order chi connectivity index (χ0) is 10.7. The number of hydrogen-bond acceptors (Lipinski definition) is 2. The Labute approximate surface area is 81.8 Å². The molecular weight excluding hydrogens is 184 g/mol. The topological polar surface area (TPSA) is 66.4 Å². The molecule has 1 rings (SSSR count). The smallest absolute Gasteiger partial charge is 0.341 e.